The first-order chi connectivity index (χ1) is 16.8. The van der Waals surface area contributed by atoms with E-state index < -0.39 is 0 Å². The Bertz CT molecular complexity index is 1300. The van der Waals surface area contributed by atoms with Crippen LogP contribution in [-0.4, -0.2) is 29.8 Å². The minimum Gasteiger partial charge on any atom is -0.497 e. The number of aromatic amines is 1. The second-order valence-corrected chi connectivity index (χ2v) is 9.96. The van der Waals surface area contributed by atoms with Crippen LogP contribution in [-0.2, 0) is 34.4 Å². The van der Waals surface area contributed by atoms with Crippen LogP contribution in [0.25, 0.3) is 22.0 Å². The smallest absolute Gasteiger partial charge is 0.293 e. The van der Waals surface area contributed by atoms with Gasteiger partial charge in [-0.3, -0.25) is 4.79 Å². The monoisotopic (exact) mass is 471 g/mol. The number of aliphatic hydroxyl groups excluding tert-OH is 1. The Hall–Kier alpha value is -3.57. The summed E-state index contributed by atoms with van der Waals surface area (Å²) in [6, 6.07) is 22.4. The zero-order valence-corrected chi connectivity index (χ0v) is 20.8. The van der Waals surface area contributed by atoms with Crippen LogP contribution in [0.1, 0.15) is 43.2 Å². The van der Waals surface area contributed by atoms with E-state index >= 15 is 0 Å². The maximum atomic E-state index is 11.4. The predicted octanol–water partition coefficient (Wildman–Crippen LogP) is 5.96. The minimum atomic E-state index is -0.349. The molecule has 182 valence electrons. The molecule has 1 atom stereocenters. The van der Waals surface area contributed by atoms with Crippen molar-refractivity contribution in [3.05, 3.63) is 89.1 Å². The molecule has 35 heavy (non-hydrogen) atoms. The van der Waals surface area contributed by atoms with Crippen molar-refractivity contribution in [1.29, 1.82) is 0 Å². The van der Waals surface area contributed by atoms with Gasteiger partial charge in [0, 0.05) is 35.0 Å². The molecule has 4 rings (SSSR count). The van der Waals surface area contributed by atoms with Gasteiger partial charge in [-0.2, -0.15) is 0 Å². The van der Waals surface area contributed by atoms with E-state index in [9.17, 15) is 9.90 Å². The summed E-state index contributed by atoms with van der Waals surface area (Å²) in [6.45, 7) is 7.10. The fraction of sp³-hybridized carbons (Fsp3) is 0.300. The summed E-state index contributed by atoms with van der Waals surface area (Å²) in [6.07, 6.45) is 0.739. The molecule has 0 radical (unpaired) electrons. The summed E-state index contributed by atoms with van der Waals surface area (Å²) in [5, 5.41) is 10.8. The molecule has 1 unspecified atom stereocenters. The highest BCUT2D eigenvalue weighted by molar-refractivity contribution is 5.98. The number of ether oxygens (including phenoxy) is 2. The maximum absolute atomic E-state index is 11.4. The van der Waals surface area contributed by atoms with Crippen molar-refractivity contribution in [2.45, 2.75) is 51.7 Å². The number of hydrogen-bond acceptors (Lipinski definition) is 4. The number of aliphatic hydroxyl groups is 1. The van der Waals surface area contributed by atoms with Gasteiger partial charge in [0.1, 0.15) is 11.9 Å². The number of hydrogen-bond donors (Lipinski definition) is 2. The Morgan fingerprint density at radius 3 is 2.40 bits per heavy atom. The van der Waals surface area contributed by atoms with E-state index in [4.69, 9.17) is 9.47 Å². The molecule has 0 fully saturated rings. The van der Waals surface area contributed by atoms with Crippen LogP contribution >= 0.6 is 0 Å². The third kappa shape index (κ3) is 5.57. The van der Waals surface area contributed by atoms with Gasteiger partial charge in [-0.15, -0.1) is 0 Å². The van der Waals surface area contributed by atoms with Gasteiger partial charge in [-0.05, 0) is 51.9 Å². The van der Waals surface area contributed by atoms with E-state index in [1.54, 1.807) is 7.11 Å². The number of methoxy groups -OCH3 is 1. The number of benzene rings is 3. The van der Waals surface area contributed by atoms with Crippen molar-refractivity contribution in [3.8, 4) is 16.9 Å². The average Bonchev–Trinajstić information content (AvgIpc) is 3.20. The fourth-order valence-corrected chi connectivity index (χ4v) is 4.55. The van der Waals surface area contributed by atoms with E-state index in [0.29, 0.717) is 19.3 Å². The molecule has 2 N–H and O–H groups in total. The topological polar surface area (TPSA) is 71.6 Å². The molecular formula is C30H33NO4. The van der Waals surface area contributed by atoms with Crippen molar-refractivity contribution in [2.24, 2.45) is 0 Å². The summed E-state index contributed by atoms with van der Waals surface area (Å²) in [4.78, 5) is 14.9. The van der Waals surface area contributed by atoms with Crippen molar-refractivity contribution in [2.75, 3.05) is 7.11 Å². The number of carbonyl (C=O) groups is 1. The standard InChI is InChI=1S/C30H33NO4/c1-30(2,3)23-11-9-22(10-12-23)29-26-16-21(18-32)8-13-27(26)31-28(29)17-25(35-19-33)15-20-6-5-7-24(14-20)34-4/h5-14,16,19,25,31-32H,15,17-18H2,1-4H3. The largest absolute Gasteiger partial charge is 0.497 e. The van der Waals surface area contributed by atoms with Crippen LogP contribution in [0.5, 0.6) is 5.75 Å². The summed E-state index contributed by atoms with van der Waals surface area (Å²) in [5.74, 6) is 0.772. The highest BCUT2D eigenvalue weighted by Gasteiger charge is 2.21. The third-order valence-electron chi connectivity index (χ3n) is 6.44. The predicted molar refractivity (Wildman–Crippen MR) is 140 cm³/mol. The van der Waals surface area contributed by atoms with Crippen LogP contribution in [0, 0.1) is 0 Å². The number of nitrogens with one attached hydrogen (secondary N) is 1. The Kier molecular flexibility index (Phi) is 7.27. The van der Waals surface area contributed by atoms with Crippen molar-refractivity contribution < 1.29 is 19.4 Å². The Morgan fingerprint density at radius 2 is 1.74 bits per heavy atom. The molecule has 0 amide bonds. The molecule has 0 aliphatic carbocycles. The lowest BCUT2D eigenvalue weighted by Gasteiger charge is -2.20. The average molecular weight is 472 g/mol. The molecule has 0 aliphatic heterocycles. The van der Waals surface area contributed by atoms with Gasteiger partial charge in [-0.1, -0.05) is 63.2 Å². The molecule has 1 heterocycles. The zero-order valence-electron chi connectivity index (χ0n) is 20.8. The number of rotatable bonds is 9. The van der Waals surface area contributed by atoms with E-state index in [-0.39, 0.29) is 18.1 Å². The molecule has 5 nitrogen and oxygen atoms in total. The lowest BCUT2D eigenvalue weighted by Crippen LogP contribution is -2.19. The van der Waals surface area contributed by atoms with Gasteiger partial charge in [0.15, 0.2) is 0 Å². The van der Waals surface area contributed by atoms with Crippen LogP contribution < -0.4 is 4.74 Å². The second kappa shape index (κ2) is 10.4. The van der Waals surface area contributed by atoms with Gasteiger partial charge >= 0.3 is 0 Å². The van der Waals surface area contributed by atoms with Crippen LogP contribution in [0.2, 0.25) is 0 Å². The molecule has 0 bridgehead atoms. The summed E-state index contributed by atoms with van der Waals surface area (Å²) in [5.41, 5.74) is 7.34. The van der Waals surface area contributed by atoms with Crippen molar-refractivity contribution in [3.63, 3.8) is 0 Å². The first-order valence-electron chi connectivity index (χ1n) is 11.9. The van der Waals surface area contributed by atoms with E-state index in [0.717, 1.165) is 44.6 Å². The van der Waals surface area contributed by atoms with Crippen LogP contribution in [0.4, 0.5) is 0 Å². The molecule has 0 aliphatic rings. The van der Waals surface area contributed by atoms with Crippen LogP contribution in [0.3, 0.4) is 0 Å². The van der Waals surface area contributed by atoms with Crippen molar-refractivity contribution in [1.82, 2.24) is 4.98 Å². The molecule has 3 aromatic carbocycles. The summed E-state index contributed by atoms with van der Waals surface area (Å²) < 4.78 is 10.9. The van der Waals surface area contributed by atoms with Gasteiger partial charge in [0.2, 0.25) is 0 Å². The molecule has 1 aromatic heterocycles. The molecule has 0 saturated heterocycles. The van der Waals surface area contributed by atoms with Crippen molar-refractivity contribution >= 4 is 17.4 Å². The maximum Gasteiger partial charge on any atom is 0.293 e. The Balaban J connectivity index is 1.75. The highest BCUT2D eigenvalue weighted by atomic mass is 16.5. The van der Waals surface area contributed by atoms with Gasteiger partial charge in [-0.25, -0.2) is 0 Å². The van der Waals surface area contributed by atoms with E-state index in [2.05, 4.69) is 50.0 Å². The first-order valence-corrected chi connectivity index (χ1v) is 11.9. The van der Waals surface area contributed by atoms with E-state index in [1.807, 2.05) is 42.5 Å². The van der Waals surface area contributed by atoms with Gasteiger partial charge in [0.25, 0.3) is 6.47 Å². The highest BCUT2D eigenvalue weighted by Crippen LogP contribution is 2.36. The number of aromatic nitrogens is 1. The molecule has 5 heteroatoms. The van der Waals surface area contributed by atoms with E-state index in [1.165, 1.54) is 5.56 Å². The van der Waals surface area contributed by atoms with Gasteiger partial charge in [0.05, 0.1) is 13.7 Å². The quantitative estimate of drug-likeness (QED) is 0.296. The Labute approximate surface area is 206 Å². The summed E-state index contributed by atoms with van der Waals surface area (Å²) in [7, 11) is 1.64. The SMILES string of the molecule is COc1cccc(CC(Cc2[nH]c3ccc(CO)cc3c2-c2ccc(C(C)(C)C)cc2)OC=O)c1. The number of carbonyl (C=O) groups excluding carboxylic acids is 1. The normalized spacial score (nSPS) is 12.5. The third-order valence-corrected chi connectivity index (χ3v) is 6.44. The molecule has 4 aromatic rings. The fourth-order valence-electron chi connectivity index (χ4n) is 4.55. The molecule has 0 spiro atoms. The lowest BCUT2D eigenvalue weighted by molar-refractivity contribution is -0.133. The lowest BCUT2D eigenvalue weighted by atomic mass is 9.86. The van der Waals surface area contributed by atoms with Gasteiger partial charge < -0.3 is 19.6 Å². The van der Waals surface area contributed by atoms with Crippen LogP contribution in [0.15, 0.2) is 66.7 Å². The first kappa shape index (κ1) is 24.6. The Morgan fingerprint density at radius 1 is 0.971 bits per heavy atom. The number of fused-ring (bicyclic) bond motifs is 1. The molecule has 0 saturated carbocycles. The number of H-pyrrole nitrogens is 1. The zero-order chi connectivity index (χ0) is 25.0. The molecular weight excluding hydrogens is 438 g/mol. The minimum absolute atomic E-state index is 0.0222. The second-order valence-electron chi connectivity index (χ2n) is 9.96. The summed E-state index contributed by atoms with van der Waals surface area (Å²) >= 11 is 0.